The van der Waals surface area contributed by atoms with Gasteiger partial charge in [-0.1, -0.05) is 0 Å². The molecule has 0 N–H and O–H groups in total. The molecule has 2 rings (SSSR count). The van der Waals surface area contributed by atoms with Crippen LogP contribution in [0.4, 0.5) is 4.39 Å². The highest BCUT2D eigenvalue weighted by Gasteiger charge is 2.14. The molecule has 1 nitrogen and oxygen atoms in total. The van der Waals surface area contributed by atoms with Crippen LogP contribution < -0.4 is 0 Å². The number of fused-ring (bicyclic) bond motifs is 1. The zero-order chi connectivity index (χ0) is 9.97. The molecule has 0 radical (unpaired) electrons. The summed E-state index contributed by atoms with van der Waals surface area (Å²) in [6.45, 7) is 0. The van der Waals surface area contributed by atoms with Crippen molar-refractivity contribution in [1.29, 1.82) is 5.26 Å². The van der Waals surface area contributed by atoms with E-state index in [9.17, 15) is 4.39 Å². The first-order chi connectivity index (χ1) is 6.81. The summed E-state index contributed by atoms with van der Waals surface area (Å²) in [4.78, 5) is 1.07. The van der Waals surface area contributed by atoms with Crippen LogP contribution in [-0.4, -0.2) is 5.75 Å². The number of rotatable bonds is 0. The number of halogens is 1. The fourth-order valence-corrected chi connectivity index (χ4v) is 2.56. The Balaban J connectivity index is 2.53. The molecule has 1 heterocycles. The summed E-state index contributed by atoms with van der Waals surface area (Å²) < 4.78 is 13.0. The van der Waals surface area contributed by atoms with Gasteiger partial charge in [0.25, 0.3) is 0 Å². The zero-order valence-corrected chi connectivity index (χ0v) is 8.27. The molecule has 0 saturated carbocycles. The Morgan fingerprint density at radius 1 is 1.50 bits per heavy atom. The molecule has 1 aromatic carbocycles. The number of hydrogen-bond acceptors (Lipinski definition) is 2. The Bertz CT molecular complexity index is 431. The van der Waals surface area contributed by atoms with E-state index in [1.807, 2.05) is 6.07 Å². The minimum absolute atomic E-state index is 0.241. The third-order valence-electron chi connectivity index (χ3n) is 2.16. The molecule has 0 fully saturated rings. The molecule has 3 heteroatoms. The van der Waals surface area contributed by atoms with Crippen molar-refractivity contribution in [3.63, 3.8) is 0 Å². The van der Waals surface area contributed by atoms with E-state index in [1.165, 1.54) is 18.2 Å². The maximum atomic E-state index is 13.0. The van der Waals surface area contributed by atoms with E-state index in [0.29, 0.717) is 0 Å². The van der Waals surface area contributed by atoms with Gasteiger partial charge in [0.15, 0.2) is 0 Å². The lowest BCUT2D eigenvalue weighted by atomic mass is 10.0. The standard InChI is InChI=1S/C11H8FNS/c12-9-1-2-11-10(7-9)8(3-5-13)4-6-14-11/h1-3,7H,4,6H2/b8-3-. The van der Waals surface area contributed by atoms with Crippen LogP contribution in [0.5, 0.6) is 0 Å². The van der Waals surface area contributed by atoms with Crippen molar-refractivity contribution in [2.24, 2.45) is 0 Å². The van der Waals surface area contributed by atoms with E-state index in [4.69, 9.17) is 5.26 Å². The first-order valence-electron chi connectivity index (χ1n) is 4.32. The maximum absolute atomic E-state index is 13.0. The molecule has 1 aliphatic rings. The van der Waals surface area contributed by atoms with Gasteiger partial charge < -0.3 is 0 Å². The Hall–Kier alpha value is -1.27. The van der Waals surface area contributed by atoms with Gasteiger partial charge in [-0.2, -0.15) is 5.26 Å². The predicted octanol–water partition coefficient (Wildman–Crippen LogP) is 3.23. The van der Waals surface area contributed by atoms with Crippen molar-refractivity contribution < 1.29 is 4.39 Å². The minimum Gasteiger partial charge on any atom is -0.207 e. The van der Waals surface area contributed by atoms with E-state index < -0.39 is 0 Å². The van der Waals surface area contributed by atoms with Crippen LogP contribution >= 0.6 is 11.8 Å². The van der Waals surface area contributed by atoms with Crippen LogP contribution in [0.15, 0.2) is 29.2 Å². The average Bonchev–Trinajstić information content (AvgIpc) is 2.19. The first kappa shape index (κ1) is 9.29. The van der Waals surface area contributed by atoms with Crippen molar-refractivity contribution in [1.82, 2.24) is 0 Å². The summed E-state index contributed by atoms with van der Waals surface area (Å²) in [5.74, 6) is 0.724. The first-order valence-corrected chi connectivity index (χ1v) is 5.31. The Morgan fingerprint density at radius 2 is 2.36 bits per heavy atom. The molecule has 14 heavy (non-hydrogen) atoms. The molecule has 0 bridgehead atoms. The van der Waals surface area contributed by atoms with Gasteiger partial charge in [-0.3, -0.25) is 0 Å². The number of hydrogen-bond donors (Lipinski definition) is 0. The minimum atomic E-state index is -0.241. The number of benzene rings is 1. The van der Waals surface area contributed by atoms with E-state index in [2.05, 4.69) is 0 Å². The Kier molecular flexibility index (Phi) is 2.55. The number of nitriles is 1. The van der Waals surface area contributed by atoms with Gasteiger partial charge in [-0.05, 0) is 35.8 Å². The van der Waals surface area contributed by atoms with Crippen molar-refractivity contribution >= 4 is 17.3 Å². The second-order valence-corrected chi connectivity index (χ2v) is 4.17. The second-order valence-electron chi connectivity index (χ2n) is 3.04. The van der Waals surface area contributed by atoms with Gasteiger partial charge >= 0.3 is 0 Å². The fourth-order valence-electron chi connectivity index (χ4n) is 1.51. The van der Waals surface area contributed by atoms with Gasteiger partial charge in [0.1, 0.15) is 5.82 Å². The fraction of sp³-hybridized carbons (Fsp3) is 0.182. The highest BCUT2D eigenvalue weighted by atomic mass is 32.2. The summed E-state index contributed by atoms with van der Waals surface area (Å²) in [6, 6.07) is 6.75. The Morgan fingerprint density at radius 3 is 3.14 bits per heavy atom. The highest BCUT2D eigenvalue weighted by Crippen LogP contribution is 2.36. The van der Waals surface area contributed by atoms with Crippen molar-refractivity contribution in [2.45, 2.75) is 11.3 Å². The monoisotopic (exact) mass is 205 g/mol. The molecule has 0 atom stereocenters. The molecular weight excluding hydrogens is 197 g/mol. The molecule has 1 aromatic rings. The molecule has 1 aliphatic heterocycles. The van der Waals surface area contributed by atoms with E-state index in [1.54, 1.807) is 17.8 Å². The summed E-state index contributed by atoms with van der Waals surface area (Å²) in [5.41, 5.74) is 1.82. The predicted molar refractivity (Wildman–Crippen MR) is 55.3 cm³/mol. The molecule has 0 aromatic heterocycles. The van der Waals surface area contributed by atoms with Gasteiger partial charge in [0.2, 0.25) is 0 Å². The molecular formula is C11H8FNS. The lowest BCUT2D eigenvalue weighted by Gasteiger charge is -2.17. The Labute approximate surface area is 86.2 Å². The number of nitrogens with zero attached hydrogens (tertiary/aromatic N) is 1. The van der Waals surface area contributed by atoms with Crippen LogP contribution in [0.1, 0.15) is 12.0 Å². The second kappa shape index (κ2) is 3.85. The van der Waals surface area contributed by atoms with Crippen LogP contribution in [0, 0.1) is 17.1 Å². The van der Waals surface area contributed by atoms with Crippen LogP contribution in [0.25, 0.3) is 5.57 Å². The zero-order valence-electron chi connectivity index (χ0n) is 7.46. The smallest absolute Gasteiger partial charge is 0.123 e. The summed E-state index contributed by atoms with van der Waals surface area (Å²) >= 11 is 1.71. The maximum Gasteiger partial charge on any atom is 0.123 e. The van der Waals surface area contributed by atoms with Crippen LogP contribution in [-0.2, 0) is 0 Å². The normalized spacial score (nSPS) is 17.6. The third-order valence-corrected chi connectivity index (χ3v) is 3.23. The van der Waals surface area contributed by atoms with Gasteiger partial charge in [0, 0.05) is 16.7 Å². The topological polar surface area (TPSA) is 23.8 Å². The number of allylic oxidation sites excluding steroid dienone is 2. The molecule has 0 aliphatic carbocycles. The number of thioether (sulfide) groups is 1. The molecule has 0 saturated heterocycles. The quantitative estimate of drug-likeness (QED) is 0.607. The summed E-state index contributed by atoms with van der Waals surface area (Å²) in [5, 5.41) is 8.59. The largest absolute Gasteiger partial charge is 0.207 e. The van der Waals surface area contributed by atoms with Crippen LogP contribution in [0.3, 0.4) is 0 Å². The van der Waals surface area contributed by atoms with Crippen molar-refractivity contribution in [2.75, 3.05) is 5.75 Å². The van der Waals surface area contributed by atoms with Crippen LogP contribution in [0.2, 0.25) is 0 Å². The molecule has 0 unspecified atom stereocenters. The SMILES string of the molecule is N#C/C=C1/CCSc2ccc(F)cc21. The summed E-state index contributed by atoms with van der Waals surface area (Å²) in [6.07, 6.45) is 2.35. The molecule has 0 amide bonds. The molecule has 0 spiro atoms. The van der Waals surface area contributed by atoms with Crippen molar-refractivity contribution in [3.8, 4) is 6.07 Å². The van der Waals surface area contributed by atoms with Gasteiger partial charge in [0.05, 0.1) is 6.07 Å². The molecule has 70 valence electrons. The lowest BCUT2D eigenvalue weighted by molar-refractivity contribution is 0.625. The van der Waals surface area contributed by atoms with E-state index in [-0.39, 0.29) is 5.82 Å². The van der Waals surface area contributed by atoms with Gasteiger partial charge in [-0.25, -0.2) is 4.39 Å². The van der Waals surface area contributed by atoms with Crippen molar-refractivity contribution in [3.05, 3.63) is 35.7 Å². The van der Waals surface area contributed by atoms with Gasteiger partial charge in [-0.15, -0.1) is 11.8 Å². The average molecular weight is 205 g/mol. The summed E-state index contributed by atoms with van der Waals surface area (Å²) in [7, 11) is 0. The lowest BCUT2D eigenvalue weighted by Crippen LogP contribution is -1.98. The van der Waals surface area contributed by atoms with E-state index >= 15 is 0 Å². The van der Waals surface area contributed by atoms with E-state index in [0.717, 1.165) is 28.2 Å². The third kappa shape index (κ3) is 1.66. The highest BCUT2D eigenvalue weighted by molar-refractivity contribution is 7.99.